The normalized spacial score (nSPS) is 14.7. The van der Waals surface area contributed by atoms with Crippen molar-refractivity contribution >= 4 is 11.7 Å². The van der Waals surface area contributed by atoms with Gasteiger partial charge in [0.2, 0.25) is 0 Å². The SMILES string of the molecule is Cc1c(F)cncc1C(=O)Nc1cnc(C2(c3ccccc3)CC2)cn1. The van der Waals surface area contributed by atoms with Crippen molar-refractivity contribution in [1.82, 2.24) is 15.0 Å². The largest absolute Gasteiger partial charge is 0.305 e. The maximum Gasteiger partial charge on any atom is 0.258 e. The Labute approximate surface area is 150 Å². The zero-order valence-corrected chi connectivity index (χ0v) is 14.2. The van der Waals surface area contributed by atoms with E-state index in [9.17, 15) is 9.18 Å². The summed E-state index contributed by atoms with van der Waals surface area (Å²) in [7, 11) is 0. The fraction of sp³-hybridized carbons (Fsp3) is 0.200. The quantitative estimate of drug-likeness (QED) is 0.781. The van der Waals surface area contributed by atoms with Crippen LogP contribution in [0, 0.1) is 12.7 Å². The lowest BCUT2D eigenvalue weighted by atomic mass is 9.93. The van der Waals surface area contributed by atoms with E-state index in [0.29, 0.717) is 5.82 Å². The topological polar surface area (TPSA) is 67.8 Å². The first-order chi connectivity index (χ1) is 12.6. The number of nitrogens with one attached hydrogen (secondary N) is 1. The minimum absolute atomic E-state index is 0.0696. The number of aromatic nitrogens is 3. The number of pyridine rings is 1. The first-order valence-electron chi connectivity index (χ1n) is 8.40. The molecule has 1 aliphatic rings. The van der Waals surface area contributed by atoms with Crippen LogP contribution in [0.1, 0.15) is 40.0 Å². The van der Waals surface area contributed by atoms with Gasteiger partial charge >= 0.3 is 0 Å². The van der Waals surface area contributed by atoms with Crippen molar-refractivity contribution in [2.45, 2.75) is 25.2 Å². The Bertz CT molecular complexity index is 953. The van der Waals surface area contributed by atoms with E-state index in [1.165, 1.54) is 24.9 Å². The fourth-order valence-electron chi connectivity index (χ4n) is 3.13. The monoisotopic (exact) mass is 348 g/mol. The van der Waals surface area contributed by atoms with E-state index in [4.69, 9.17) is 0 Å². The van der Waals surface area contributed by atoms with Gasteiger partial charge in [-0.15, -0.1) is 0 Å². The Kier molecular flexibility index (Phi) is 3.95. The number of benzene rings is 1. The molecule has 0 atom stereocenters. The lowest BCUT2D eigenvalue weighted by Gasteiger charge is -2.15. The molecular weight excluding hydrogens is 331 g/mol. The molecule has 0 saturated heterocycles. The molecule has 1 amide bonds. The summed E-state index contributed by atoms with van der Waals surface area (Å²) in [6, 6.07) is 10.2. The van der Waals surface area contributed by atoms with Gasteiger partial charge in [-0.05, 0) is 25.3 Å². The maximum atomic E-state index is 13.6. The highest BCUT2D eigenvalue weighted by Crippen LogP contribution is 2.52. The highest BCUT2D eigenvalue weighted by molar-refractivity contribution is 6.04. The molecule has 1 N–H and O–H groups in total. The highest BCUT2D eigenvalue weighted by atomic mass is 19.1. The van der Waals surface area contributed by atoms with Gasteiger partial charge in [-0.2, -0.15) is 0 Å². The summed E-state index contributed by atoms with van der Waals surface area (Å²) in [6.45, 7) is 1.54. The van der Waals surface area contributed by atoms with Gasteiger partial charge in [0.15, 0.2) is 5.82 Å². The molecule has 0 aliphatic heterocycles. The van der Waals surface area contributed by atoms with Gasteiger partial charge in [0, 0.05) is 17.2 Å². The van der Waals surface area contributed by atoms with E-state index in [1.54, 1.807) is 6.20 Å². The Morgan fingerprint density at radius 3 is 2.50 bits per heavy atom. The number of anilines is 1. The fourth-order valence-corrected chi connectivity index (χ4v) is 3.13. The van der Waals surface area contributed by atoms with Crippen molar-refractivity contribution in [2.24, 2.45) is 0 Å². The van der Waals surface area contributed by atoms with Gasteiger partial charge in [-0.1, -0.05) is 30.3 Å². The van der Waals surface area contributed by atoms with E-state index in [0.717, 1.165) is 24.7 Å². The van der Waals surface area contributed by atoms with Crippen molar-refractivity contribution in [2.75, 3.05) is 5.32 Å². The van der Waals surface area contributed by atoms with Crippen molar-refractivity contribution in [3.8, 4) is 0 Å². The molecule has 0 radical (unpaired) electrons. The van der Waals surface area contributed by atoms with Crippen LogP contribution in [-0.4, -0.2) is 20.9 Å². The number of amides is 1. The molecule has 3 aromatic rings. The summed E-state index contributed by atoms with van der Waals surface area (Å²) < 4.78 is 13.6. The molecule has 1 saturated carbocycles. The second kappa shape index (κ2) is 6.29. The number of carbonyl (C=O) groups is 1. The van der Waals surface area contributed by atoms with Gasteiger partial charge in [0.1, 0.15) is 5.82 Å². The summed E-state index contributed by atoms with van der Waals surface area (Å²) in [5.74, 6) is -0.648. The van der Waals surface area contributed by atoms with E-state index >= 15 is 0 Å². The Morgan fingerprint density at radius 2 is 1.85 bits per heavy atom. The third kappa shape index (κ3) is 2.83. The molecule has 0 unspecified atom stereocenters. The van der Waals surface area contributed by atoms with E-state index in [1.807, 2.05) is 18.2 Å². The Hall–Kier alpha value is -3.15. The van der Waals surface area contributed by atoms with Gasteiger partial charge in [-0.25, -0.2) is 9.37 Å². The predicted molar refractivity (Wildman–Crippen MR) is 95.4 cm³/mol. The number of halogens is 1. The molecule has 1 aliphatic carbocycles. The van der Waals surface area contributed by atoms with Crippen LogP contribution in [0.25, 0.3) is 0 Å². The molecule has 0 bridgehead atoms. The minimum atomic E-state index is -0.516. The molecule has 2 heterocycles. The standard InChI is InChI=1S/C20H17FN4O/c1-13-15(9-22-10-16(13)21)19(26)25-18-12-23-17(11-24-18)20(7-8-20)14-5-3-2-4-6-14/h2-6,9-12H,7-8H2,1H3,(H,24,25,26). The van der Waals surface area contributed by atoms with Crippen LogP contribution in [0.15, 0.2) is 55.1 Å². The van der Waals surface area contributed by atoms with Crippen LogP contribution in [0.2, 0.25) is 0 Å². The van der Waals surface area contributed by atoms with Crippen LogP contribution < -0.4 is 5.32 Å². The van der Waals surface area contributed by atoms with Crippen LogP contribution >= 0.6 is 0 Å². The number of nitrogens with zero attached hydrogens (tertiary/aromatic N) is 3. The van der Waals surface area contributed by atoms with Crippen molar-refractivity contribution < 1.29 is 9.18 Å². The first-order valence-corrected chi connectivity index (χ1v) is 8.40. The molecule has 6 heteroatoms. The van der Waals surface area contributed by atoms with Crippen molar-refractivity contribution in [3.05, 3.63) is 83.3 Å². The zero-order valence-electron chi connectivity index (χ0n) is 14.2. The predicted octanol–water partition coefficient (Wildman–Crippen LogP) is 3.65. The van der Waals surface area contributed by atoms with Crippen LogP contribution in [0.3, 0.4) is 0 Å². The molecule has 26 heavy (non-hydrogen) atoms. The second-order valence-corrected chi connectivity index (χ2v) is 6.48. The molecule has 130 valence electrons. The smallest absolute Gasteiger partial charge is 0.258 e. The van der Waals surface area contributed by atoms with E-state index < -0.39 is 11.7 Å². The van der Waals surface area contributed by atoms with E-state index in [2.05, 4.69) is 32.4 Å². The number of carbonyl (C=O) groups excluding carboxylic acids is 1. The average Bonchev–Trinajstić information content (AvgIpc) is 3.47. The van der Waals surface area contributed by atoms with Crippen LogP contribution in [0.4, 0.5) is 10.2 Å². The average molecular weight is 348 g/mol. The minimum Gasteiger partial charge on any atom is -0.305 e. The van der Waals surface area contributed by atoms with Gasteiger partial charge in [0.25, 0.3) is 5.91 Å². The summed E-state index contributed by atoms with van der Waals surface area (Å²) in [6.07, 6.45) is 7.73. The van der Waals surface area contributed by atoms with Crippen molar-refractivity contribution in [1.29, 1.82) is 0 Å². The lowest BCUT2D eigenvalue weighted by Crippen LogP contribution is -2.17. The molecule has 1 fully saturated rings. The zero-order chi connectivity index (χ0) is 18.1. The first kappa shape index (κ1) is 16.3. The van der Waals surface area contributed by atoms with Gasteiger partial charge < -0.3 is 5.32 Å². The van der Waals surface area contributed by atoms with Crippen LogP contribution in [0.5, 0.6) is 0 Å². The summed E-state index contributed by atoms with van der Waals surface area (Å²) in [4.78, 5) is 24.9. The molecule has 1 aromatic carbocycles. The molecule has 2 aromatic heterocycles. The number of hydrogen-bond donors (Lipinski definition) is 1. The number of rotatable bonds is 4. The second-order valence-electron chi connectivity index (χ2n) is 6.48. The summed E-state index contributed by atoms with van der Waals surface area (Å²) in [5.41, 5.74) is 2.49. The van der Waals surface area contributed by atoms with E-state index in [-0.39, 0.29) is 16.5 Å². The van der Waals surface area contributed by atoms with Crippen molar-refractivity contribution in [3.63, 3.8) is 0 Å². The van der Waals surface area contributed by atoms with Gasteiger partial charge in [-0.3, -0.25) is 14.8 Å². The molecular formula is C20H17FN4O. The Morgan fingerprint density at radius 1 is 1.08 bits per heavy atom. The summed E-state index contributed by atoms with van der Waals surface area (Å²) >= 11 is 0. The lowest BCUT2D eigenvalue weighted by molar-refractivity contribution is 0.102. The van der Waals surface area contributed by atoms with Gasteiger partial charge in [0.05, 0.1) is 29.8 Å². The third-order valence-corrected chi connectivity index (χ3v) is 4.86. The number of hydrogen-bond acceptors (Lipinski definition) is 4. The Balaban J connectivity index is 1.54. The molecule has 5 nitrogen and oxygen atoms in total. The highest BCUT2D eigenvalue weighted by Gasteiger charge is 2.47. The third-order valence-electron chi connectivity index (χ3n) is 4.86. The summed E-state index contributed by atoms with van der Waals surface area (Å²) in [5, 5.41) is 2.65. The molecule has 0 spiro atoms. The molecule has 4 rings (SSSR count). The van der Waals surface area contributed by atoms with Crippen LogP contribution in [-0.2, 0) is 5.41 Å². The maximum absolute atomic E-state index is 13.6.